The maximum absolute atomic E-state index is 12.3. The average Bonchev–Trinajstić information content (AvgIpc) is 2.67. The van der Waals surface area contributed by atoms with E-state index in [1.54, 1.807) is 25.1 Å². The fourth-order valence-corrected chi connectivity index (χ4v) is 2.65. The van der Waals surface area contributed by atoms with E-state index in [-0.39, 0.29) is 18.4 Å². The van der Waals surface area contributed by atoms with Gasteiger partial charge in [-0.3, -0.25) is 9.59 Å². The van der Waals surface area contributed by atoms with Crippen LogP contribution < -0.4 is 10.1 Å². The molecule has 1 amide bonds. The molecule has 0 spiro atoms. The summed E-state index contributed by atoms with van der Waals surface area (Å²) in [5, 5.41) is 4.89. The van der Waals surface area contributed by atoms with Gasteiger partial charge in [0.15, 0.2) is 0 Å². The van der Waals surface area contributed by atoms with E-state index in [0.717, 1.165) is 16.3 Å². The Morgan fingerprint density at radius 1 is 0.920 bits per heavy atom. The smallest absolute Gasteiger partial charge is 0.310 e. The summed E-state index contributed by atoms with van der Waals surface area (Å²) in [5.41, 5.74) is 1.39. The summed E-state index contributed by atoms with van der Waals surface area (Å²) in [5.74, 6) is 0.0196. The zero-order valence-corrected chi connectivity index (χ0v) is 14.0. The average molecular weight is 333 g/mol. The Kier molecular flexibility index (Phi) is 5.09. The van der Waals surface area contributed by atoms with E-state index in [1.165, 1.54) is 0 Å². The Balaban J connectivity index is 1.91. The van der Waals surface area contributed by atoms with Crippen molar-refractivity contribution < 1.29 is 14.3 Å². The minimum Gasteiger partial charge on any atom is -0.426 e. The van der Waals surface area contributed by atoms with Crippen LogP contribution in [0.4, 0.5) is 0 Å². The number of carbonyl (C=O) groups excluding carboxylic acids is 2. The van der Waals surface area contributed by atoms with Gasteiger partial charge in [0.05, 0.1) is 0 Å². The first-order valence-electron chi connectivity index (χ1n) is 8.23. The molecule has 3 aromatic rings. The van der Waals surface area contributed by atoms with E-state index in [0.29, 0.717) is 17.7 Å². The largest absolute Gasteiger partial charge is 0.426 e. The quantitative estimate of drug-likeness (QED) is 0.565. The van der Waals surface area contributed by atoms with E-state index in [9.17, 15) is 9.59 Å². The highest BCUT2D eigenvalue weighted by molar-refractivity contribution is 5.95. The second-order valence-corrected chi connectivity index (χ2v) is 5.64. The molecule has 0 atom stereocenters. The number of carbonyl (C=O) groups is 2. The summed E-state index contributed by atoms with van der Waals surface area (Å²) in [6.45, 7) is 2.03. The summed E-state index contributed by atoms with van der Waals surface area (Å²) >= 11 is 0. The Bertz CT molecular complexity index is 903. The van der Waals surface area contributed by atoms with Crippen LogP contribution in [0.25, 0.3) is 10.8 Å². The Morgan fingerprint density at radius 2 is 1.64 bits per heavy atom. The summed E-state index contributed by atoms with van der Waals surface area (Å²) in [4.78, 5) is 24.0. The van der Waals surface area contributed by atoms with E-state index in [2.05, 4.69) is 5.32 Å². The molecular formula is C21H19NO3. The number of hydrogen-bond donors (Lipinski definition) is 1. The van der Waals surface area contributed by atoms with Crippen LogP contribution in [0, 0.1) is 0 Å². The van der Waals surface area contributed by atoms with Gasteiger partial charge in [-0.2, -0.15) is 0 Å². The first-order chi connectivity index (χ1) is 12.2. The predicted octanol–water partition coefficient (Wildman–Crippen LogP) is 4.09. The Hall–Kier alpha value is -3.14. The van der Waals surface area contributed by atoms with Crippen molar-refractivity contribution in [2.75, 3.05) is 0 Å². The fourth-order valence-electron chi connectivity index (χ4n) is 2.65. The van der Waals surface area contributed by atoms with Crippen LogP contribution in [0.3, 0.4) is 0 Å². The summed E-state index contributed by atoms with van der Waals surface area (Å²) < 4.78 is 5.45. The zero-order chi connectivity index (χ0) is 17.6. The molecule has 0 fully saturated rings. The number of benzene rings is 3. The van der Waals surface area contributed by atoms with Crippen LogP contribution in [-0.4, -0.2) is 11.9 Å². The molecule has 0 aliphatic heterocycles. The maximum atomic E-state index is 12.3. The third kappa shape index (κ3) is 3.86. The van der Waals surface area contributed by atoms with Crippen molar-refractivity contribution in [3.05, 3.63) is 77.9 Å². The molecule has 0 saturated heterocycles. The van der Waals surface area contributed by atoms with Crippen molar-refractivity contribution in [2.45, 2.75) is 19.9 Å². The van der Waals surface area contributed by atoms with E-state index in [4.69, 9.17) is 4.74 Å². The van der Waals surface area contributed by atoms with Gasteiger partial charge in [-0.05, 0) is 29.0 Å². The normalized spacial score (nSPS) is 10.4. The van der Waals surface area contributed by atoms with Crippen molar-refractivity contribution in [1.29, 1.82) is 0 Å². The molecule has 0 aromatic heterocycles. The van der Waals surface area contributed by atoms with Crippen LogP contribution in [0.15, 0.2) is 66.7 Å². The first kappa shape index (κ1) is 16.7. The van der Waals surface area contributed by atoms with Gasteiger partial charge >= 0.3 is 5.97 Å². The highest BCUT2D eigenvalue weighted by Gasteiger charge is 2.13. The molecule has 1 N–H and O–H groups in total. The maximum Gasteiger partial charge on any atom is 0.310 e. The molecule has 4 heteroatoms. The molecule has 0 unspecified atom stereocenters. The minimum absolute atomic E-state index is 0.165. The van der Waals surface area contributed by atoms with Crippen molar-refractivity contribution in [3.8, 4) is 5.75 Å². The monoisotopic (exact) mass is 333 g/mol. The molecule has 0 heterocycles. The Morgan fingerprint density at radius 3 is 2.40 bits per heavy atom. The van der Waals surface area contributed by atoms with Gasteiger partial charge in [0.2, 0.25) is 0 Å². The second kappa shape index (κ2) is 7.62. The first-order valence-corrected chi connectivity index (χ1v) is 8.23. The molecule has 4 nitrogen and oxygen atoms in total. The van der Waals surface area contributed by atoms with Crippen molar-refractivity contribution >= 4 is 22.6 Å². The standard InChI is InChI=1S/C21H19NO3/c1-2-20(23)25-19-13-12-15-8-6-7-11-17(15)18(19)14-22-21(24)16-9-4-3-5-10-16/h3-13H,2,14H2,1H3,(H,22,24). The van der Waals surface area contributed by atoms with Crippen molar-refractivity contribution in [3.63, 3.8) is 0 Å². The third-order valence-electron chi connectivity index (χ3n) is 3.97. The van der Waals surface area contributed by atoms with Gasteiger partial charge in [-0.15, -0.1) is 0 Å². The lowest BCUT2D eigenvalue weighted by molar-refractivity contribution is -0.134. The number of ether oxygens (including phenoxy) is 1. The summed E-state index contributed by atoms with van der Waals surface area (Å²) in [7, 11) is 0. The zero-order valence-electron chi connectivity index (χ0n) is 14.0. The molecule has 3 rings (SSSR count). The van der Waals surface area contributed by atoms with Crippen LogP contribution in [0.5, 0.6) is 5.75 Å². The highest BCUT2D eigenvalue weighted by Crippen LogP contribution is 2.28. The highest BCUT2D eigenvalue weighted by atomic mass is 16.5. The van der Waals surface area contributed by atoms with Crippen molar-refractivity contribution in [1.82, 2.24) is 5.32 Å². The second-order valence-electron chi connectivity index (χ2n) is 5.64. The topological polar surface area (TPSA) is 55.4 Å². The van der Waals surface area contributed by atoms with Crippen LogP contribution in [0.1, 0.15) is 29.3 Å². The van der Waals surface area contributed by atoms with Crippen LogP contribution in [0.2, 0.25) is 0 Å². The minimum atomic E-state index is -0.300. The lowest BCUT2D eigenvalue weighted by Crippen LogP contribution is -2.23. The number of nitrogens with one attached hydrogen (secondary N) is 1. The van der Waals surface area contributed by atoms with Gasteiger partial charge in [0.1, 0.15) is 5.75 Å². The number of hydrogen-bond acceptors (Lipinski definition) is 3. The van der Waals surface area contributed by atoms with Gasteiger partial charge in [-0.25, -0.2) is 0 Å². The predicted molar refractivity (Wildman–Crippen MR) is 97.5 cm³/mol. The SMILES string of the molecule is CCC(=O)Oc1ccc2ccccc2c1CNC(=O)c1ccccc1. The molecule has 0 saturated carbocycles. The number of rotatable bonds is 5. The molecule has 0 radical (unpaired) electrons. The summed E-state index contributed by atoms with van der Waals surface area (Å²) in [6, 6.07) is 20.5. The van der Waals surface area contributed by atoms with Crippen molar-refractivity contribution in [2.24, 2.45) is 0 Å². The van der Waals surface area contributed by atoms with Gasteiger partial charge in [0, 0.05) is 24.1 Å². The molecule has 0 aliphatic carbocycles. The third-order valence-corrected chi connectivity index (χ3v) is 3.97. The number of fused-ring (bicyclic) bond motifs is 1. The molecule has 25 heavy (non-hydrogen) atoms. The van der Waals surface area contributed by atoms with Crippen LogP contribution in [-0.2, 0) is 11.3 Å². The lowest BCUT2D eigenvalue weighted by atomic mass is 10.0. The van der Waals surface area contributed by atoms with Gasteiger partial charge in [-0.1, -0.05) is 55.5 Å². The van der Waals surface area contributed by atoms with Gasteiger partial charge < -0.3 is 10.1 Å². The lowest BCUT2D eigenvalue weighted by Gasteiger charge is -2.14. The number of esters is 1. The van der Waals surface area contributed by atoms with Crippen LogP contribution >= 0.6 is 0 Å². The fraction of sp³-hybridized carbons (Fsp3) is 0.143. The van der Waals surface area contributed by atoms with E-state index in [1.807, 2.05) is 48.5 Å². The van der Waals surface area contributed by atoms with Gasteiger partial charge in [0.25, 0.3) is 5.91 Å². The molecule has 3 aromatic carbocycles. The molecule has 126 valence electrons. The molecule has 0 aliphatic rings. The summed E-state index contributed by atoms with van der Waals surface area (Å²) in [6.07, 6.45) is 0.294. The molecular weight excluding hydrogens is 314 g/mol. The Labute approximate surface area is 146 Å². The number of amides is 1. The van der Waals surface area contributed by atoms with E-state index >= 15 is 0 Å². The molecule has 0 bridgehead atoms. The van der Waals surface area contributed by atoms with E-state index < -0.39 is 0 Å².